The monoisotopic (exact) mass is 324 g/mol. The first-order chi connectivity index (χ1) is 9.13. The quantitative estimate of drug-likeness (QED) is 0.909. The number of rotatable bonds is 4. The summed E-state index contributed by atoms with van der Waals surface area (Å²) in [5.74, 6) is -0.689. The van der Waals surface area contributed by atoms with E-state index in [-0.39, 0.29) is 12.5 Å². The zero-order valence-electron chi connectivity index (χ0n) is 10.1. The molecule has 1 aromatic carbocycles. The van der Waals surface area contributed by atoms with Gasteiger partial charge in [0, 0.05) is 24.9 Å². The highest BCUT2D eigenvalue weighted by Gasteiger charge is 2.22. The molecule has 2 unspecified atom stereocenters. The average molecular weight is 325 g/mol. The lowest BCUT2D eigenvalue weighted by Crippen LogP contribution is -2.20. The van der Waals surface area contributed by atoms with Crippen molar-refractivity contribution in [1.82, 2.24) is 4.98 Å². The molecule has 3 N–H and O–H groups in total. The molecular weight excluding hydrogens is 311 g/mol. The third-order valence-electron chi connectivity index (χ3n) is 3.05. The molecule has 100 valence electrons. The highest BCUT2D eigenvalue weighted by Crippen LogP contribution is 2.31. The van der Waals surface area contributed by atoms with E-state index in [0.29, 0.717) is 10.0 Å². The van der Waals surface area contributed by atoms with Crippen molar-refractivity contribution in [2.45, 2.75) is 12.0 Å². The maximum atomic E-state index is 13.5. The summed E-state index contributed by atoms with van der Waals surface area (Å²) in [7, 11) is 0. The van der Waals surface area contributed by atoms with Gasteiger partial charge in [-0.2, -0.15) is 0 Å². The number of aliphatic hydroxyl groups excluding tert-OH is 1. The minimum atomic E-state index is -0.852. The molecule has 1 heterocycles. The van der Waals surface area contributed by atoms with Gasteiger partial charge in [0.05, 0.1) is 10.6 Å². The molecule has 3 nitrogen and oxygen atoms in total. The van der Waals surface area contributed by atoms with Crippen LogP contribution < -0.4 is 5.73 Å². The number of aromatic nitrogens is 1. The molecular formula is C14H14BrFN2O. The summed E-state index contributed by atoms with van der Waals surface area (Å²) in [6.07, 6.45) is 2.44. The molecule has 0 aliphatic carbocycles. The van der Waals surface area contributed by atoms with Crippen LogP contribution >= 0.6 is 15.9 Å². The van der Waals surface area contributed by atoms with Gasteiger partial charge in [0.15, 0.2) is 0 Å². The van der Waals surface area contributed by atoms with Crippen LogP contribution in [0.2, 0.25) is 0 Å². The normalized spacial score (nSPS) is 14.1. The maximum Gasteiger partial charge on any atom is 0.137 e. The molecule has 0 aliphatic heterocycles. The molecule has 0 spiro atoms. The zero-order chi connectivity index (χ0) is 13.8. The average Bonchev–Trinajstić information content (AvgIpc) is 2.44. The molecule has 5 heteroatoms. The van der Waals surface area contributed by atoms with E-state index < -0.39 is 11.9 Å². The number of hydrogen-bond donors (Lipinski definition) is 2. The Bertz CT molecular complexity index is 550. The summed E-state index contributed by atoms with van der Waals surface area (Å²) in [6.45, 7) is 0.267. The van der Waals surface area contributed by atoms with Gasteiger partial charge in [0.1, 0.15) is 5.82 Å². The summed E-state index contributed by atoms with van der Waals surface area (Å²) in [6, 6.07) is 8.18. The topological polar surface area (TPSA) is 59.1 Å². The first kappa shape index (κ1) is 14.1. The molecule has 1 aromatic heterocycles. The second-order valence-corrected chi connectivity index (χ2v) is 5.10. The third-order valence-corrected chi connectivity index (χ3v) is 3.70. The van der Waals surface area contributed by atoms with E-state index in [0.717, 1.165) is 5.56 Å². The number of pyridine rings is 1. The van der Waals surface area contributed by atoms with Crippen molar-refractivity contribution >= 4 is 15.9 Å². The van der Waals surface area contributed by atoms with Crippen LogP contribution in [0.3, 0.4) is 0 Å². The first-order valence-corrected chi connectivity index (χ1v) is 6.65. The zero-order valence-corrected chi connectivity index (χ0v) is 11.7. The molecule has 0 aliphatic rings. The SMILES string of the molecule is NCC(c1ccncc1)C(O)c1ccc(Br)c(F)c1. The van der Waals surface area contributed by atoms with Crippen LogP contribution in [-0.4, -0.2) is 16.6 Å². The standard InChI is InChI=1S/C14H14BrFN2O/c15-12-2-1-10(7-13(12)16)14(19)11(8-17)9-3-5-18-6-4-9/h1-7,11,14,19H,8,17H2. The van der Waals surface area contributed by atoms with Crippen molar-refractivity contribution in [3.8, 4) is 0 Å². The van der Waals surface area contributed by atoms with Crippen LogP contribution in [0.4, 0.5) is 4.39 Å². The fourth-order valence-electron chi connectivity index (χ4n) is 1.99. The second kappa shape index (κ2) is 6.23. The van der Waals surface area contributed by atoms with E-state index in [1.807, 2.05) is 0 Å². The van der Waals surface area contributed by atoms with Gasteiger partial charge >= 0.3 is 0 Å². The van der Waals surface area contributed by atoms with Crippen molar-refractivity contribution in [2.24, 2.45) is 5.73 Å². The van der Waals surface area contributed by atoms with Gasteiger partial charge in [-0.1, -0.05) is 6.07 Å². The van der Waals surface area contributed by atoms with Crippen molar-refractivity contribution in [3.63, 3.8) is 0 Å². The van der Waals surface area contributed by atoms with Gasteiger partial charge in [-0.25, -0.2) is 4.39 Å². The summed E-state index contributed by atoms with van der Waals surface area (Å²) < 4.78 is 13.9. The first-order valence-electron chi connectivity index (χ1n) is 5.86. The third kappa shape index (κ3) is 3.18. The molecule has 19 heavy (non-hydrogen) atoms. The largest absolute Gasteiger partial charge is 0.388 e. The fourth-order valence-corrected chi connectivity index (χ4v) is 2.23. The van der Waals surface area contributed by atoms with Crippen LogP contribution in [0, 0.1) is 5.82 Å². The minimum absolute atomic E-state index is 0.267. The van der Waals surface area contributed by atoms with E-state index >= 15 is 0 Å². The van der Waals surface area contributed by atoms with Crippen molar-refractivity contribution in [2.75, 3.05) is 6.54 Å². The van der Waals surface area contributed by atoms with Gasteiger partial charge in [-0.15, -0.1) is 0 Å². The van der Waals surface area contributed by atoms with Crippen LogP contribution in [0.15, 0.2) is 47.2 Å². The van der Waals surface area contributed by atoms with E-state index in [1.165, 1.54) is 6.07 Å². The van der Waals surface area contributed by atoms with Gasteiger partial charge < -0.3 is 10.8 Å². The van der Waals surface area contributed by atoms with Crippen molar-refractivity contribution < 1.29 is 9.50 Å². The molecule has 0 fully saturated rings. The minimum Gasteiger partial charge on any atom is -0.388 e. The Hall–Kier alpha value is -1.30. The second-order valence-electron chi connectivity index (χ2n) is 4.24. The Morgan fingerprint density at radius 3 is 2.47 bits per heavy atom. The highest BCUT2D eigenvalue weighted by atomic mass is 79.9. The molecule has 0 saturated carbocycles. The number of hydrogen-bond acceptors (Lipinski definition) is 3. The Labute approximate surface area is 119 Å². The van der Waals surface area contributed by atoms with Crippen molar-refractivity contribution in [1.29, 1.82) is 0 Å². The van der Waals surface area contributed by atoms with Crippen LogP contribution in [0.25, 0.3) is 0 Å². The number of aliphatic hydroxyl groups is 1. The summed E-state index contributed by atoms with van der Waals surface area (Å²) >= 11 is 3.09. The number of nitrogens with zero attached hydrogens (tertiary/aromatic N) is 1. The Morgan fingerprint density at radius 1 is 1.21 bits per heavy atom. The Morgan fingerprint density at radius 2 is 1.89 bits per heavy atom. The van der Waals surface area contributed by atoms with Crippen molar-refractivity contribution in [3.05, 3.63) is 64.1 Å². The summed E-state index contributed by atoms with van der Waals surface area (Å²) in [5.41, 5.74) is 7.12. The molecule has 2 rings (SSSR count). The summed E-state index contributed by atoms with van der Waals surface area (Å²) in [4.78, 5) is 3.93. The van der Waals surface area contributed by atoms with E-state index in [4.69, 9.17) is 5.73 Å². The molecule has 2 atom stereocenters. The van der Waals surface area contributed by atoms with Gasteiger partial charge in [-0.05, 0) is 51.3 Å². The van der Waals surface area contributed by atoms with Crippen LogP contribution in [-0.2, 0) is 0 Å². The number of nitrogens with two attached hydrogens (primary N) is 1. The smallest absolute Gasteiger partial charge is 0.137 e. The van der Waals surface area contributed by atoms with Gasteiger partial charge in [0.25, 0.3) is 0 Å². The maximum absolute atomic E-state index is 13.5. The van der Waals surface area contributed by atoms with E-state index in [9.17, 15) is 9.50 Å². The molecule has 0 amide bonds. The lowest BCUT2D eigenvalue weighted by molar-refractivity contribution is 0.147. The Balaban J connectivity index is 2.30. The molecule has 2 aromatic rings. The predicted molar refractivity (Wildman–Crippen MR) is 75.1 cm³/mol. The Kier molecular flexibility index (Phi) is 4.63. The molecule has 0 saturated heterocycles. The van der Waals surface area contributed by atoms with E-state index in [1.54, 1.807) is 36.7 Å². The van der Waals surface area contributed by atoms with Gasteiger partial charge in [0.2, 0.25) is 0 Å². The predicted octanol–water partition coefficient (Wildman–Crippen LogP) is 2.76. The molecule has 0 bridgehead atoms. The van der Waals surface area contributed by atoms with Crippen LogP contribution in [0.5, 0.6) is 0 Å². The molecule has 0 radical (unpaired) electrons. The highest BCUT2D eigenvalue weighted by molar-refractivity contribution is 9.10. The number of benzene rings is 1. The summed E-state index contributed by atoms with van der Waals surface area (Å²) in [5, 5.41) is 10.4. The number of halogens is 2. The fraction of sp³-hybridized carbons (Fsp3) is 0.214. The lowest BCUT2D eigenvalue weighted by Gasteiger charge is -2.22. The van der Waals surface area contributed by atoms with Crippen LogP contribution in [0.1, 0.15) is 23.1 Å². The lowest BCUT2D eigenvalue weighted by atomic mass is 9.90. The van der Waals surface area contributed by atoms with Gasteiger partial charge in [-0.3, -0.25) is 4.98 Å². The van der Waals surface area contributed by atoms with E-state index in [2.05, 4.69) is 20.9 Å².